The fraction of sp³-hybridized carbons (Fsp3) is 0.300. The molecule has 2 heterocycles. The van der Waals surface area contributed by atoms with E-state index in [1.807, 2.05) is 7.05 Å². The highest BCUT2D eigenvalue weighted by atomic mass is 79.9. The highest BCUT2D eigenvalue weighted by Gasteiger charge is 2.05. The first kappa shape index (κ1) is 11.6. The standard InChI is InChI=1S/C10H13BrN4S/c1-15-10(12)7(5-14-15)4-13-6-9-8(11)2-3-16-9/h2-3,5,13H,4,6,12H2,1H3. The summed E-state index contributed by atoms with van der Waals surface area (Å²) in [5.41, 5.74) is 6.88. The van der Waals surface area contributed by atoms with Gasteiger partial charge in [0.25, 0.3) is 0 Å². The van der Waals surface area contributed by atoms with Crippen molar-refractivity contribution >= 4 is 33.1 Å². The van der Waals surface area contributed by atoms with E-state index in [2.05, 4.69) is 37.8 Å². The Morgan fingerprint density at radius 1 is 1.56 bits per heavy atom. The Labute approximate surface area is 107 Å². The first-order valence-corrected chi connectivity index (χ1v) is 6.54. The average Bonchev–Trinajstić information content (AvgIpc) is 2.80. The van der Waals surface area contributed by atoms with E-state index >= 15 is 0 Å². The molecule has 0 saturated heterocycles. The Bertz CT molecular complexity index is 477. The molecular formula is C10H13BrN4S. The second kappa shape index (κ2) is 4.99. The summed E-state index contributed by atoms with van der Waals surface area (Å²) in [7, 11) is 1.84. The first-order chi connectivity index (χ1) is 7.68. The van der Waals surface area contributed by atoms with E-state index in [1.165, 1.54) is 4.88 Å². The molecule has 2 aromatic rings. The van der Waals surface area contributed by atoms with Gasteiger partial charge in [0.1, 0.15) is 5.82 Å². The number of aryl methyl sites for hydroxylation is 1. The zero-order chi connectivity index (χ0) is 11.5. The largest absolute Gasteiger partial charge is 0.384 e. The normalized spacial score (nSPS) is 10.9. The summed E-state index contributed by atoms with van der Waals surface area (Å²) >= 11 is 5.23. The number of thiophene rings is 1. The van der Waals surface area contributed by atoms with E-state index in [0.717, 1.165) is 28.9 Å². The SMILES string of the molecule is Cn1ncc(CNCc2sccc2Br)c1N. The molecule has 3 N–H and O–H groups in total. The quantitative estimate of drug-likeness (QED) is 0.909. The zero-order valence-corrected chi connectivity index (χ0v) is 11.3. The molecule has 0 spiro atoms. The molecule has 16 heavy (non-hydrogen) atoms. The van der Waals surface area contributed by atoms with Crippen molar-refractivity contribution in [1.82, 2.24) is 15.1 Å². The molecule has 2 rings (SSSR count). The molecule has 0 bridgehead atoms. The maximum absolute atomic E-state index is 5.85. The number of nitrogen functional groups attached to an aromatic ring is 1. The van der Waals surface area contributed by atoms with Crippen molar-refractivity contribution in [3.63, 3.8) is 0 Å². The summed E-state index contributed by atoms with van der Waals surface area (Å²) in [6.07, 6.45) is 1.80. The number of nitrogens with one attached hydrogen (secondary N) is 1. The minimum absolute atomic E-state index is 0.720. The van der Waals surface area contributed by atoms with Crippen LogP contribution in [0, 0.1) is 0 Å². The van der Waals surface area contributed by atoms with Gasteiger partial charge in [0.05, 0.1) is 6.20 Å². The molecule has 0 saturated carbocycles. The van der Waals surface area contributed by atoms with E-state index in [4.69, 9.17) is 5.73 Å². The lowest BCUT2D eigenvalue weighted by molar-refractivity contribution is 0.700. The maximum Gasteiger partial charge on any atom is 0.125 e. The number of aromatic nitrogens is 2. The second-order valence-electron chi connectivity index (χ2n) is 3.47. The number of halogens is 1. The first-order valence-electron chi connectivity index (χ1n) is 4.87. The molecule has 6 heteroatoms. The van der Waals surface area contributed by atoms with Gasteiger partial charge in [0.15, 0.2) is 0 Å². The molecule has 0 atom stereocenters. The zero-order valence-electron chi connectivity index (χ0n) is 8.90. The Morgan fingerprint density at radius 2 is 2.38 bits per heavy atom. The van der Waals surface area contributed by atoms with Gasteiger partial charge in [-0.2, -0.15) is 5.10 Å². The lowest BCUT2D eigenvalue weighted by Crippen LogP contribution is -2.13. The minimum Gasteiger partial charge on any atom is -0.384 e. The van der Waals surface area contributed by atoms with Gasteiger partial charge in [-0.25, -0.2) is 0 Å². The van der Waals surface area contributed by atoms with Crippen LogP contribution in [0.2, 0.25) is 0 Å². The number of nitrogens with two attached hydrogens (primary N) is 1. The van der Waals surface area contributed by atoms with Crippen molar-refractivity contribution in [3.8, 4) is 0 Å². The summed E-state index contributed by atoms with van der Waals surface area (Å²) in [5.74, 6) is 0.720. The van der Waals surface area contributed by atoms with Crippen LogP contribution in [0.25, 0.3) is 0 Å². The predicted molar refractivity (Wildman–Crippen MR) is 70.2 cm³/mol. The Balaban J connectivity index is 1.89. The molecule has 0 aliphatic carbocycles. The number of hydrogen-bond acceptors (Lipinski definition) is 4. The van der Waals surface area contributed by atoms with E-state index in [1.54, 1.807) is 22.2 Å². The molecule has 2 aromatic heterocycles. The molecule has 0 aliphatic rings. The Morgan fingerprint density at radius 3 is 2.94 bits per heavy atom. The van der Waals surface area contributed by atoms with Gasteiger partial charge in [-0.15, -0.1) is 11.3 Å². The van der Waals surface area contributed by atoms with Gasteiger partial charge in [-0.05, 0) is 27.4 Å². The lowest BCUT2D eigenvalue weighted by Gasteiger charge is -2.03. The topological polar surface area (TPSA) is 55.9 Å². The molecule has 4 nitrogen and oxygen atoms in total. The number of nitrogens with zero attached hydrogens (tertiary/aromatic N) is 2. The van der Waals surface area contributed by atoms with Gasteiger partial charge < -0.3 is 11.1 Å². The third-order valence-electron chi connectivity index (χ3n) is 2.36. The highest BCUT2D eigenvalue weighted by molar-refractivity contribution is 9.10. The summed E-state index contributed by atoms with van der Waals surface area (Å²) in [6, 6.07) is 2.06. The van der Waals surface area contributed by atoms with Crippen LogP contribution in [0.15, 0.2) is 22.1 Å². The van der Waals surface area contributed by atoms with Crippen LogP contribution in [0.1, 0.15) is 10.4 Å². The van der Waals surface area contributed by atoms with Crippen LogP contribution in [0.3, 0.4) is 0 Å². The lowest BCUT2D eigenvalue weighted by atomic mass is 10.3. The van der Waals surface area contributed by atoms with Crippen molar-refractivity contribution in [2.75, 3.05) is 5.73 Å². The van der Waals surface area contributed by atoms with Crippen molar-refractivity contribution in [1.29, 1.82) is 0 Å². The highest BCUT2D eigenvalue weighted by Crippen LogP contribution is 2.22. The van der Waals surface area contributed by atoms with Crippen molar-refractivity contribution in [3.05, 3.63) is 32.6 Å². The van der Waals surface area contributed by atoms with Gasteiger partial charge in [0, 0.05) is 35.1 Å². The fourth-order valence-corrected chi connectivity index (χ4v) is 2.85. The minimum atomic E-state index is 0.720. The molecular weight excluding hydrogens is 288 g/mol. The molecule has 86 valence electrons. The summed E-state index contributed by atoms with van der Waals surface area (Å²) < 4.78 is 2.84. The smallest absolute Gasteiger partial charge is 0.125 e. The van der Waals surface area contributed by atoms with Crippen LogP contribution < -0.4 is 11.1 Å². The third kappa shape index (κ3) is 2.45. The number of hydrogen-bond donors (Lipinski definition) is 2. The van der Waals surface area contributed by atoms with Crippen LogP contribution in [0.5, 0.6) is 0 Å². The van der Waals surface area contributed by atoms with Gasteiger partial charge >= 0.3 is 0 Å². The van der Waals surface area contributed by atoms with Gasteiger partial charge in [-0.1, -0.05) is 0 Å². The fourth-order valence-electron chi connectivity index (χ4n) is 1.39. The van der Waals surface area contributed by atoms with E-state index < -0.39 is 0 Å². The van der Waals surface area contributed by atoms with E-state index in [-0.39, 0.29) is 0 Å². The second-order valence-corrected chi connectivity index (χ2v) is 5.33. The molecule has 0 aliphatic heterocycles. The van der Waals surface area contributed by atoms with Crippen LogP contribution in [-0.4, -0.2) is 9.78 Å². The molecule has 0 radical (unpaired) electrons. The Kier molecular flexibility index (Phi) is 3.63. The Hall–Kier alpha value is -0.850. The van der Waals surface area contributed by atoms with Crippen molar-refractivity contribution in [2.45, 2.75) is 13.1 Å². The van der Waals surface area contributed by atoms with Crippen LogP contribution in [0.4, 0.5) is 5.82 Å². The van der Waals surface area contributed by atoms with E-state index in [9.17, 15) is 0 Å². The molecule has 0 fully saturated rings. The van der Waals surface area contributed by atoms with Crippen molar-refractivity contribution in [2.24, 2.45) is 7.05 Å². The summed E-state index contributed by atoms with van der Waals surface area (Å²) in [6.45, 7) is 1.58. The molecule has 0 unspecified atom stereocenters. The monoisotopic (exact) mass is 300 g/mol. The van der Waals surface area contributed by atoms with Gasteiger partial charge in [0.2, 0.25) is 0 Å². The van der Waals surface area contributed by atoms with Gasteiger partial charge in [-0.3, -0.25) is 4.68 Å². The number of rotatable bonds is 4. The average molecular weight is 301 g/mol. The van der Waals surface area contributed by atoms with Crippen molar-refractivity contribution < 1.29 is 0 Å². The van der Waals surface area contributed by atoms with E-state index in [0.29, 0.717) is 0 Å². The maximum atomic E-state index is 5.85. The van der Waals surface area contributed by atoms with Crippen LogP contribution >= 0.6 is 27.3 Å². The third-order valence-corrected chi connectivity index (χ3v) is 4.28. The molecule has 0 amide bonds. The number of anilines is 1. The summed E-state index contributed by atoms with van der Waals surface area (Å²) in [5, 5.41) is 9.51. The van der Waals surface area contributed by atoms with Crippen LogP contribution in [-0.2, 0) is 20.1 Å². The predicted octanol–water partition coefficient (Wildman–Crippen LogP) is 2.12. The summed E-state index contributed by atoms with van der Waals surface area (Å²) in [4.78, 5) is 1.29. The molecule has 0 aromatic carbocycles.